The number of esters is 1. The van der Waals surface area contributed by atoms with Crippen molar-refractivity contribution in [3.63, 3.8) is 0 Å². The first-order valence-electron chi connectivity index (χ1n) is 7.90. The highest BCUT2D eigenvalue weighted by molar-refractivity contribution is 7.89. The fourth-order valence-corrected chi connectivity index (χ4v) is 4.44. The zero-order valence-electron chi connectivity index (χ0n) is 13.6. The number of hydrogen-bond donors (Lipinski definition) is 1. The molecule has 1 saturated heterocycles. The Bertz CT molecular complexity index is 700. The second-order valence-corrected chi connectivity index (χ2v) is 7.79. The van der Waals surface area contributed by atoms with Gasteiger partial charge in [-0.05, 0) is 37.0 Å². The molecule has 24 heavy (non-hydrogen) atoms. The minimum atomic E-state index is -3.42. The molecule has 1 fully saturated rings. The Morgan fingerprint density at radius 2 is 1.96 bits per heavy atom. The number of primary amides is 1. The number of carbonyl (C=O) groups is 2. The highest BCUT2D eigenvalue weighted by Crippen LogP contribution is 2.23. The molecular weight excluding hydrogens is 332 g/mol. The predicted octanol–water partition coefficient (Wildman–Crippen LogP) is 1.03. The van der Waals surface area contributed by atoms with Gasteiger partial charge in [0.1, 0.15) is 12.6 Å². The molecular formula is C16H22N2O5S. The third-order valence-electron chi connectivity index (χ3n) is 3.91. The van der Waals surface area contributed by atoms with Gasteiger partial charge in [0.15, 0.2) is 0 Å². The Balaban J connectivity index is 1.97. The van der Waals surface area contributed by atoms with E-state index in [9.17, 15) is 18.0 Å². The average Bonchev–Trinajstić information content (AvgIpc) is 3.03. The summed E-state index contributed by atoms with van der Waals surface area (Å²) in [6.45, 7) is 2.17. The molecule has 0 aromatic heterocycles. The van der Waals surface area contributed by atoms with Gasteiger partial charge in [-0.2, -0.15) is 4.31 Å². The van der Waals surface area contributed by atoms with Gasteiger partial charge in [0.25, 0.3) is 0 Å². The smallest absolute Gasteiger partial charge is 0.324 e. The Hall–Kier alpha value is -1.93. The van der Waals surface area contributed by atoms with Crippen LogP contribution in [-0.2, 0) is 26.2 Å². The molecule has 1 aliphatic heterocycles. The number of hydrogen-bond acceptors (Lipinski definition) is 5. The number of rotatable bonds is 7. The van der Waals surface area contributed by atoms with Crippen molar-refractivity contribution >= 4 is 21.9 Å². The Labute approximate surface area is 141 Å². The van der Waals surface area contributed by atoms with Crippen molar-refractivity contribution < 1.29 is 22.7 Å². The summed E-state index contributed by atoms with van der Waals surface area (Å²) in [4.78, 5) is 23.3. The van der Waals surface area contributed by atoms with Gasteiger partial charge >= 0.3 is 5.97 Å². The molecule has 1 heterocycles. The average molecular weight is 354 g/mol. The van der Waals surface area contributed by atoms with Gasteiger partial charge in [-0.25, -0.2) is 8.42 Å². The van der Waals surface area contributed by atoms with E-state index in [1.54, 1.807) is 31.2 Å². The van der Waals surface area contributed by atoms with Crippen molar-refractivity contribution in [2.24, 2.45) is 5.73 Å². The SMILES string of the molecule is CCCS(=O)(=O)N1CCC[C@@H]1C(=O)OCc1ccc(C(N)=O)cc1. The van der Waals surface area contributed by atoms with Crippen LogP contribution in [0.4, 0.5) is 0 Å². The lowest BCUT2D eigenvalue weighted by atomic mass is 10.1. The van der Waals surface area contributed by atoms with Gasteiger partial charge in [-0.15, -0.1) is 0 Å². The van der Waals surface area contributed by atoms with Crippen LogP contribution in [0.5, 0.6) is 0 Å². The molecule has 0 spiro atoms. The highest BCUT2D eigenvalue weighted by Gasteiger charge is 2.39. The molecule has 0 saturated carbocycles. The number of nitrogens with two attached hydrogens (primary N) is 1. The lowest BCUT2D eigenvalue weighted by Crippen LogP contribution is -2.42. The van der Waals surface area contributed by atoms with Crippen molar-refractivity contribution in [1.82, 2.24) is 4.31 Å². The second-order valence-electron chi connectivity index (χ2n) is 5.75. The maximum absolute atomic E-state index is 12.3. The number of carbonyl (C=O) groups excluding carboxylic acids is 2. The van der Waals surface area contributed by atoms with Crippen molar-refractivity contribution in [2.75, 3.05) is 12.3 Å². The van der Waals surface area contributed by atoms with Crippen LogP contribution in [0.2, 0.25) is 0 Å². The molecule has 8 heteroatoms. The van der Waals surface area contributed by atoms with Gasteiger partial charge in [0.2, 0.25) is 15.9 Å². The predicted molar refractivity (Wildman–Crippen MR) is 88.6 cm³/mol. The molecule has 1 aromatic carbocycles. The van der Waals surface area contributed by atoms with Crippen LogP contribution in [0.1, 0.15) is 42.1 Å². The van der Waals surface area contributed by atoms with Crippen LogP contribution in [0, 0.1) is 0 Å². The van der Waals surface area contributed by atoms with Crippen LogP contribution in [0.3, 0.4) is 0 Å². The van der Waals surface area contributed by atoms with E-state index >= 15 is 0 Å². The van der Waals surface area contributed by atoms with Crippen molar-refractivity contribution in [2.45, 2.75) is 38.8 Å². The maximum atomic E-state index is 12.3. The zero-order chi connectivity index (χ0) is 17.7. The van der Waals surface area contributed by atoms with E-state index in [2.05, 4.69) is 0 Å². The Morgan fingerprint density at radius 1 is 1.29 bits per heavy atom. The molecule has 1 atom stereocenters. The first kappa shape index (κ1) is 18.4. The first-order chi connectivity index (χ1) is 11.3. The number of benzene rings is 1. The summed E-state index contributed by atoms with van der Waals surface area (Å²) >= 11 is 0. The van der Waals surface area contributed by atoms with Gasteiger partial charge in [-0.1, -0.05) is 19.1 Å². The topological polar surface area (TPSA) is 107 Å². The highest BCUT2D eigenvalue weighted by atomic mass is 32.2. The fraction of sp³-hybridized carbons (Fsp3) is 0.500. The summed E-state index contributed by atoms with van der Waals surface area (Å²) in [5.74, 6) is -1.03. The van der Waals surface area contributed by atoms with E-state index in [0.717, 1.165) is 0 Å². The first-order valence-corrected chi connectivity index (χ1v) is 9.51. The number of sulfonamides is 1. The normalized spacial score (nSPS) is 18.5. The molecule has 2 rings (SSSR count). The number of amides is 1. The minimum Gasteiger partial charge on any atom is -0.460 e. The molecule has 2 N–H and O–H groups in total. The summed E-state index contributed by atoms with van der Waals surface area (Å²) in [6, 6.07) is 5.66. The van der Waals surface area contributed by atoms with Crippen LogP contribution in [0.25, 0.3) is 0 Å². The minimum absolute atomic E-state index is 0.0238. The van der Waals surface area contributed by atoms with Gasteiger partial charge < -0.3 is 10.5 Å². The fourth-order valence-electron chi connectivity index (χ4n) is 2.70. The standard InChI is InChI=1S/C16H22N2O5S/c1-2-10-24(21,22)18-9-3-4-14(18)16(20)23-11-12-5-7-13(8-6-12)15(17)19/h5-8,14H,2-4,9-11H2,1H3,(H2,17,19)/t14-/m1/s1. The van der Waals surface area contributed by atoms with Crippen molar-refractivity contribution in [1.29, 1.82) is 0 Å². The van der Waals surface area contributed by atoms with E-state index in [-0.39, 0.29) is 12.4 Å². The summed E-state index contributed by atoms with van der Waals surface area (Å²) in [6.07, 6.45) is 1.63. The maximum Gasteiger partial charge on any atom is 0.324 e. The molecule has 1 aliphatic rings. The summed E-state index contributed by atoms with van der Waals surface area (Å²) in [7, 11) is -3.42. The summed E-state index contributed by atoms with van der Waals surface area (Å²) < 4.78 is 30.9. The van der Waals surface area contributed by atoms with Crippen molar-refractivity contribution in [3.8, 4) is 0 Å². The molecule has 1 aromatic rings. The van der Waals surface area contributed by atoms with E-state index in [1.165, 1.54) is 4.31 Å². The van der Waals surface area contributed by atoms with Crippen LogP contribution < -0.4 is 5.73 Å². The number of ether oxygens (including phenoxy) is 1. The van der Waals surface area contributed by atoms with Gasteiger partial charge in [0.05, 0.1) is 5.75 Å². The molecule has 7 nitrogen and oxygen atoms in total. The molecule has 0 unspecified atom stereocenters. The van der Waals surface area contributed by atoms with Crippen LogP contribution >= 0.6 is 0 Å². The third kappa shape index (κ3) is 4.33. The van der Waals surface area contributed by atoms with Gasteiger partial charge in [0, 0.05) is 12.1 Å². The molecule has 0 bridgehead atoms. The van der Waals surface area contributed by atoms with E-state index in [1.807, 2.05) is 0 Å². The van der Waals surface area contributed by atoms with Crippen molar-refractivity contribution in [3.05, 3.63) is 35.4 Å². The van der Waals surface area contributed by atoms with Crippen LogP contribution in [0.15, 0.2) is 24.3 Å². The zero-order valence-corrected chi connectivity index (χ0v) is 14.4. The summed E-state index contributed by atoms with van der Waals surface area (Å²) in [5, 5.41) is 0. The molecule has 0 aliphatic carbocycles. The monoisotopic (exact) mass is 354 g/mol. The van der Waals surface area contributed by atoms with E-state index in [4.69, 9.17) is 10.5 Å². The van der Waals surface area contributed by atoms with Gasteiger partial charge in [-0.3, -0.25) is 9.59 Å². The molecule has 1 amide bonds. The quantitative estimate of drug-likeness (QED) is 0.736. The van der Waals surface area contributed by atoms with E-state index < -0.39 is 27.9 Å². The number of nitrogens with zero attached hydrogens (tertiary/aromatic N) is 1. The molecule has 132 valence electrons. The third-order valence-corrected chi connectivity index (χ3v) is 5.99. The second kappa shape index (κ2) is 7.76. The largest absolute Gasteiger partial charge is 0.460 e. The Kier molecular flexibility index (Phi) is 5.95. The van der Waals surface area contributed by atoms with Crippen LogP contribution in [-0.4, -0.2) is 42.9 Å². The molecule has 0 radical (unpaired) electrons. The lowest BCUT2D eigenvalue weighted by molar-refractivity contribution is -0.148. The van der Waals surface area contributed by atoms with E-state index in [0.29, 0.717) is 36.9 Å². The Morgan fingerprint density at radius 3 is 2.54 bits per heavy atom. The lowest BCUT2D eigenvalue weighted by Gasteiger charge is -2.22. The summed E-state index contributed by atoms with van der Waals surface area (Å²) in [5.41, 5.74) is 6.24.